The second-order valence-corrected chi connectivity index (χ2v) is 5.86. The summed E-state index contributed by atoms with van der Waals surface area (Å²) in [6.45, 7) is 0. The van der Waals surface area contributed by atoms with Crippen LogP contribution in [0.15, 0.2) is 60.8 Å². The molecule has 0 saturated carbocycles. The Hall–Kier alpha value is -3.38. The highest BCUT2D eigenvalue weighted by Gasteiger charge is 2.07. The van der Waals surface area contributed by atoms with E-state index in [1.54, 1.807) is 36.5 Å². The Labute approximate surface area is 154 Å². The van der Waals surface area contributed by atoms with Gasteiger partial charge in [0.15, 0.2) is 0 Å². The number of benzene rings is 2. The van der Waals surface area contributed by atoms with E-state index >= 15 is 0 Å². The lowest BCUT2D eigenvalue weighted by atomic mass is 10.1. The van der Waals surface area contributed by atoms with Crippen molar-refractivity contribution in [3.8, 4) is 0 Å². The number of hydrogen-bond donors (Lipinski definition) is 3. The van der Waals surface area contributed by atoms with E-state index in [-0.39, 0.29) is 5.69 Å². The first-order chi connectivity index (χ1) is 12.6. The number of carbonyl (C=O) groups is 2. The van der Waals surface area contributed by atoms with E-state index in [1.807, 2.05) is 24.3 Å². The third-order valence-electron chi connectivity index (χ3n) is 3.69. The molecule has 0 saturated heterocycles. The predicted molar refractivity (Wildman–Crippen MR) is 103 cm³/mol. The number of halogens is 1. The van der Waals surface area contributed by atoms with Gasteiger partial charge < -0.3 is 16.0 Å². The first-order valence-electron chi connectivity index (χ1n) is 7.70. The van der Waals surface area contributed by atoms with E-state index in [0.717, 1.165) is 21.8 Å². The molecule has 130 valence electrons. The van der Waals surface area contributed by atoms with Crippen LogP contribution >= 0.6 is 11.6 Å². The van der Waals surface area contributed by atoms with E-state index in [4.69, 9.17) is 17.3 Å². The van der Waals surface area contributed by atoms with Crippen molar-refractivity contribution in [1.29, 1.82) is 0 Å². The lowest BCUT2D eigenvalue weighted by Gasteiger charge is -1.96. The summed E-state index contributed by atoms with van der Waals surface area (Å²) in [4.78, 5) is 28.2. The van der Waals surface area contributed by atoms with Crippen LogP contribution in [0, 0.1) is 0 Å². The number of pyridine rings is 1. The monoisotopic (exact) mass is 366 g/mol. The Morgan fingerprint density at radius 1 is 1.08 bits per heavy atom. The number of H-pyrrole nitrogens is 1. The van der Waals surface area contributed by atoms with Gasteiger partial charge in [0.1, 0.15) is 5.69 Å². The number of carbonyl (C=O) groups excluding carboxylic acids is 2. The number of para-hydroxylation sites is 1. The Kier molecular flexibility index (Phi) is 5.15. The zero-order valence-corrected chi connectivity index (χ0v) is 14.3. The number of nitrogens with one attached hydrogen (secondary N) is 2. The molecule has 26 heavy (non-hydrogen) atoms. The summed E-state index contributed by atoms with van der Waals surface area (Å²) in [5.41, 5.74) is 8.14. The smallest absolute Gasteiger partial charge is 0.267 e. The highest BCUT2D eigenvalue weighted by atomic mass is 35.5. The lowest BCUT2D eigenvalue weighted by Crippen LogP contribution is -2.12. The summed E-state index contributed by atoms with van der Waals surface area (Å²) in [5, 5.41) is 5.14. The topological polar surface area (TPSA) is 101 Å². The number of rotatable bonds is 3. The molecule has 7 heteroatoms. The van der Waals surface area contributed by atoms with E-state index in [2.05, 4.69) is 15.3 Å². The van der Waals surface area contributed by atoms with Gasteiger partial charge in [-0.2, -0.15) is 0 Å². The standard InChI is InChI=1S/C12H9N3O.C7H6ClNO/c13-12(16)10-5-8-7-3-1-2-4-9(7)15-11(8)6-14-10;8-6-2-1-3-7(4-6)9-5-10/h1-6,15H,(H2,13,16);1-5H,(H,9,10). The number of nitrogens with two attached hydrogens (primary N) is 1. The molecule has 0 unspecified atom stereocenters. The van der Waals surface area contributed by atoms with Gasteiger partial charge in [-0.3, -0.25) is 9.59 Å². The van der Waals surface area contributed by atoms with E-state index in [1.165, 1.54) is 0 Å². The van der Waals surface area contributed by atoms with E-state index in [0.29, 0.717) is 17.1 Å². The molecule has 6 nitrogen and oxygen atoms in total. The molecule has 2 aromatic carbocycles. The molecule has 2 heterocycles. The van der Waals surface area contributed by atoms with Crippen molar-refractivity contribution >= 4 is 51.4 Å². The van der Waals surface area contributed by atoms with Gasteiger partial charge in [-0.1, -0.05) is 35.9 Å². The maximum atomic E-state index is 11.1. The molecule has 2 aromatic heterocycles. The number of hydrogen-bond acceptors (Lipinski definition) is 3. The van der Waals surface area contributed by atoms with Crippen LogP contribution in [0.3, 0.4) is 0 Å². The molecule has 2 amide bonds. The van der Waals surface area contributed by atoms with Crippen LogP contribution in [-0.2, 0) is 4.79 Å². The van der Waals surface area contributed by atoms with Crippen molar-refractivity contribution in [2.45, 2.75) is 0 Å². The van der Waals surface area contributed by atoms with Gasteiger partial charge in [0.05, 0.1) is 11.7 Å². The fraction of sp³-hybridized carbons (Fsp3) is 0. The first-order valence-corrected chi connectivity index (χ1v) is 8.08. The minimum absolute atomic E-state index is 0.289. The average Bonchev–Trinajstić information content (AvgIpc) is 3.00. The summed E-state index contributed by atoms with van der Waals surface area (Å²) in [5.74, 6) is -0.507. The van der Waals surface area contributed by atoms with Crippen LogP contribution < -0.4 is 11.1 Å². The summed E-state index contributed by atoms with van der Waals surface area (Å²) in [7, 11) is 0. The van der Waals surface area contributed by atoms with Crippen LogP contribution in [0.1, 0.15) is 10.5 Å². The molecule has 0 aliphatic carbocycles. The minimum atomic E-state index is -0.507. The molecule has 0 atom stereocenters. The molecule has 0 aliphatic rings. The maximum absolute atomic E-state index is 11.1. The molecule has 4 aromatic rings. The fourth-order valence-electron chi connectivity index (χ4n) is 2.53. The van der Waals surface area contributed by atoms with Crippen molar-refractivity contribution in [3.05, 3.63) is 71.5 Å². The summed E-state index contributed by atoms with van der Waals surface area (Å²) >= 11 is 5.62. The second-order valence-electron chi connectivity index (χ2n) is 5.42. The summed E-state index contributed by atoms with van der Waals surface area (Å²) in [6.07, 6.45) is 2.25. The van der Waals surface area contributed by atoms with Crippen LogP contribution in [0.4, 0.5) is 5.69 Å². The van der Waals surface area contributed by atoms with Crippen LogP contribution in [-0.4, -0.2) is 22.3 Å². The predicted octanol–water partition coefficient (Wildman–Crippen LogP) is 3.72. The molecular formula is C19H15ClN4O2. The third kappa shape index (κ3) is 3.81. The molecule has 0 spiro atoms. The van der Waals surface area contributed by atoms with Gasteiger partial charge in [0.25, 0.3) is 5.91 Å². The van der Waals surface area contributed by atoms with E-state index < -0.39 is 5.91 Å². The van der Waals surface area contributed by atoms with Gasteiger partial charge in [-0.25, -0.2) is 4.98 Å². The third-order valence-corrected chi connectivity index (χ3v) is 3.93. The molecule has 0 aliphatic heterocycles. The molecular weight excluding hydrogens is 352 g/mol. The minimum Gasteiger partial charge on any atom is -0.364 e. The molecule has 0 radical (unpaired) electrons. The van der Waals surface area contributed by atoms with Crippen LogP contribution in [0.2, 0.25) is 5.02 Å². The Morgan fingerprint density at radius 2 is 1.88 bits per heavy atom. The number of primary amides is 1. The summed E-state index contributed by atoms with van der Waals surface area (Å²) < 4.78 is 0. The molecule has 4 N–H and O–H groups in total. The summed E-state index contributed by atoms with van der Waals surface area (Å²) in [6, 6.07) is 16.6. The maximum Gasteiger partial charge on any atom is 0.267 e. The van der Waals surface area contributed by atoms with Crippen molar-refractivity contribution in [3.63, 3.8) is 0 Å². The number of nitrogens with zero attached hydrogens (tertiary/aromatic N) is 1. The van der Waals surface area contributed by atoms with Gasteiger partial charge in [-0.05, 0) is 30.3 Å². The number of aromatic nitrogens is 2. The van der Waals surface area contributed by atoms with E-state index in [9.17, 15) is 9.59 Å². The van der Waals surface area contributed by atoms with Gasteiger partial charge in [0.2, 0.25) is 6.41 Å². The molecule has 0 fully saturated rings. The van der Waals surface area contributed by atoms with Gasteiger partial charge >= 0.3 is 0 Å². The van der Waals surface area contributed by atoms with Crippen molar-refractivity contribution < 1.29 is 9.59 Å². The zero-order valence-electron chi connectivity index (χ0n) is 13.6. The largest absolute Gasteiger partial charge is 0.364 e. The van der Waals surface area contributed by atoms with Gasteiger partial charge in [-0.15, -0.1) is 0 Å². The lowest BCUT2D eigenvalue weighted by molar-refractivity contribution is -0.105. The highest BCUT2D eigenvalue weighted by Crippen LogP contribution is 2.24. The second kappa shape index (κ2) is 7.67. The average molecular weight is 367 g/mol. The SMILES string of the molecule is NC(=O)c1cc2c(cn1)[nH]c1ccccc12.O=CNc1cccc(Cl)c1. The van der Waals surface area contributed by atoms with Crippen molar-refractivity contribution in [2.75, 3.05) is 5.32 Å². The fourth-order valence-corrected chi connectivity index (χ4v) is 2.72. The van der Waals surface area contributed by atoms with Gasteiger partial charge in [0, 0.05) is 27.0 Å². The number of amides is 2. The van der Waals surface area contributed by atoms with Crippen molar-refractivity contribution in [2.24, 2.45) is 5.73 Å². The zero-order chi connectivity index (χ0) is 18.5. The number of fused-ring (bicyclic) bond motifs is 3. The molecule has 0 bridgehead atoms. The number of aromatic amines is 1. The highest BCUT2D eigenvalue weighted by molar-refractivity contribution is 6.30. The Morgan fingerprint density at radius 3 is 2.62 bits per heavy atom. The number of anilines is 1. The Bertz CT molecular complexity index is 1090. The first kappa shape index (κ1) is 17.4. The Balaban J connectivity index is 0.000000170. The van der Waals surface area contributed by atoms with Crippen LogP contribution in [0.25, 0.3) is 21.8 Å². The quantitative estimate of drug-likeness (QED) is 0.481. The normalized spacial score (nSPS) is 10.2. The molecule has 4 rings (SSSR count). The van der Waals surface area contributed by atoms with Crippen molar-refractivity contribution in [1.82, 2.24) is 9.97 Å². The van der Waals surface area contributed by atoms with Crippen LogP contribution in [0.5, 0.6) is 0 Å².